The van der Waals surface area contributed by atoms with E-state index in [1.165, 1.54) is 32.2 Å². The van der Waals surface area contributed by atoms with E-state index in [-0.39, 0.29) is 12.5 Å². The van der Waals surface area contributed by atoms with E-state index in [1.54, 1.807) is 0 Å². The van der Waals surface area contributed by atoms with Crippen LogP contribution in [0.25, 0.3) is 0 Å². The molecule has 27 heavy (non-hydrogen) atoms. The van der Waals surface area contributed by atoms with Crippen molar-refractivity contribution in [2.45, 2.75) is 57.7 Å². The molecule has 3 rings (SSSR count). The largest absolute Gasteiger partial charge is 0.357 e. The van der Waals surface area contributed by atoms with Crippen LogP contribution in [0.5, 0.6) is 0 Å². The zero-order valence-corrected chi connectivity index (χ0v) is 16.4. The fourth-order valence-electron chi connectivity index (χ4n) is 4.02. The highest BCUT2D eigenvalue weighted by molar-refractivity contribution is 5.85. The number of guanidine groups is 1. The van der Waals surface area contributed by atoms with E-state index in [0.29, 0.717) is 12.6 Å². The third kappa shape index (κ3) is 6.24. The predicted molar refractivity (Wildman–Crippen MR) is 110 cm³/mol. The van der Waals surface area contributed by atoms with Crippen LogP contribution in [0.2, 0.25) is 0 Å². The van der Waals surface area contributed by atoms with Crippen molar-refractivity contribution in [3.63, 3.8) is 0 Å². The van der Waals surface area contributed by atoms with Crippen LogP contribution in [0.1, 0.15) is 44.6 Å². The fraction of sp³-hybridized carbons (Fsp3) is 0.619. The normalized spacial score (nSPS) is 21.4. The van der Waals surface area contributed by atoms with Gasteiger partial charge in [0.1, 0.15) is 6.54 Å². The average Bonchev–Trinajstić information content (AvgIpc) is 3.37. The molecular formula is C21H33N5O. The van der Waals surface area contributed by atoms with Crippen molar-refractivity contribution in [2.75, 3.05) is 26.2 Å². The van der Waals surface area contributed by atoms with Crippen LogP contribution in [0.4, 0.5) is 0 Å². The van der Waals surface area contributed by atoms with Gasteiger partial charge in [0.25, 0.3) is 0 Å². The number of amides is 1. The number of nitrogens with zero attached hydrogens (tertiary/aromatic N) is 2. The fourth-order valence-corrected chi connectivity index (χ4v) is 4.02. The minimum Gasteiger partial charge on any atom is -0.357 e. The number of nitrogens with one attached hydrogen (secondary N) is 3. The molecule has 1 saturated carbocycles. The van der Waals surface area contributed by atoms with E-state index < -0.39 is 0 Å². The Morgan fingerprint density at radius 1 is 1.15 bits per heavy atom. The molecule has 1 atom stereocenters. The molecule has 1 unspecified atom stereocenters. The van der Waals surface area contributed by atoms with Gasteiger partial charge >= 0.3 is 0 Å². The van der Waals surface area contributed by atoms with Gasteiger partial charge in [-0.15, -0.1) is 0 Å². The third-order valence-electron chi connectivity index (χ3n) is 5.46. The molecule has 6 nitrogen and oxygen atoms in total. The standard InChI is InChI=1S/C21H33N5O/c1-2-22-21(24-15-20(27)23-14-17-8-4-3-5-9-17)25-18-12-13-26(16-18)19-10-6-7-11-19/h3-5,8-9,18-19H,2,6-7,10-16H2,1H3,(H,23,27)(H2,22,24,25). The number of carbonyl (C=O) groups excluding carboxylic acids is 1. The first-order valence-electron chi connectivity index (χ1n) is 10.3. The van der Waals surface area contributed by atoms with Gasteiger partial charge in [-0.05, 0) is 31.7 Å². The zero-order chi connectivity index (χ0) is 18.9. The lowest BCUT2D eigenvalue weighted by atomic mass is 10.2. The number of benzene rings is 1. The lowest BCUT2D eigenvalue weighted by Crippen LogP contribution is -2.45. The van der Waals surface area contributed by atoms with Crippen LogP contribution in [0.3, 0.4) is 0 Å². The first-order chi connectivity index (χ1) is 13.2. The molecule has 1 amide bonds. The number of aliphatic imine (C=N–C) groups is 1. The second-order valence-corrected chi connectivity index (χ2v) is 7.52. The van der Waals surface area contributed by atoms with Gasteiger partial charge in [0.2, 0.25) is 5.91 Å². The van der Waals surface area contributed by atoms with Crippen LogP contribution in [-0.4, -0.2) is 55.0 Å². The number of hydrogen-bond donors (Lipinski definition) is 3. The summed E-state index contributed by atoms with van der Waals surface area (Å²) < 4.78 is 0. The number of carbonyl (C=O) groups is 1. The van der Waals surface area contributed by atoms with Crippen molar-refractivity contribution in [2.24, 2.45) is 4.99 Å². The van der Waals surface area contributed by atoms with Gasteiger partial charge in [-0.3, -0.25) is 9.69 Å². The number of rotatable bonds is 7. The van der Waals surface area contributed by atoms with Gasteiger partial charge in [0, 0.05) is 38.3 Å². The van der Waals surface area contributed by atoms with E-state index in [4.69, 9.17) is 0 Å². The van der Waals surface area contributed by atoms with E-state index in [9.17, 15) is 4.79 Å². The van der Waals surface area contributed by atoms with Crippen molar-refractivity contribution in [1.29, 1.82) is 0 Å². The highest BCUT2D eigenvalue weighted by atomic mass is 16.1. The number of hydrogen-bond acceptors (Lipinski definition) is 3. The Morgan fingerprint density at radius 2 is 1.93 bits per heavy atom. The minimum absolute atomic E-state index is 0.0601. The molecule has 0 spiro atoms. The third-order valence-corrected chi connectivity index (χ3v) is 5.46. The molecule has 3 N–H and O–H groups in total. The average molecular weight is 372 g/mol. The predicted octanol–water partition coefficient (Wildman–Crippen LogP) is 1.87. The molecule has 2 aliphatic rings. The quantitative estimate of drug-likeness (QED) is 0.506. The second kappa shape index (κ2) is 10.3. The molecule has 0 radical (unpaired) electrons. The lowest BCUT2D eigenvalue weighted by Gasteiger charge is -2.24. The minimum atomic E-state index is -0.0601. The van der Waals surface area contributed by atoms with Crippen molar-refractivity contribution in [1.82, 2.24) is 20.9 Å². The van der Waals surface area contributed by atoms with Crippen LogP contribution in [0.15, 0.2) is 35.3 Å². The molecule has 1 heterocycles. The maximum absolute atomic E-state index is 12.1. The lowest BCUT2D eigenvalue weighted by molar-refractivity contribution is -0.119. The SMILES string of the molecule is CCNC(=NCC(=O)NCc1ccccc1)NC1CCN(C2CCCC2)C1. The van der Waals surface area contributed by atoms with E-state index in [0.717, 1.165) is 37.1 Å². The van der Waals surface area contributed by atoms with Crippen molar-refractivity contribution in [3.8, 4) is 0 Å². The summed E-state index contributed by atoms with van der Waals surface area (Å²) in [6.07, 6.45) is 6.59. The summed E-state index contributed by atoms with van der Waals surface area (Å²) >= 11 is 0. The van der Waals surface area contributed by atoms with E-state index >= 15 is 0 Å². The molecule has 1 aliphatic heterocycles. The summed E-state index contributed by atoms with van der Waals surface area (Å²) in [5.74, 6) is 0.681. The van der Waals surface area contributed by atoms with Gasteiger partial charge < -0.3 is 16.0 Å². The highest BCUT2D eigenvalue weighted by Gasteiger charge is 2.30. The molecule has 1 aromatic rings. The maximum Gasteiger partial charge on any atom is 0.242 e. The van der Waals surface area contributed by atoms with E-state index in [1.807, 2.05) is 37.3 Å². The highest BCUT2D eigenvalue weighted by Crippen LogP contribution is 2.26. The maximum atomic E-state index is 12.1. The zero-order valence-electron chi connectivity index (χ0n) is 16.4. The smallest absolute Gasteiger partial charge is 0.242 e. The number of likely N-dealkylation sites (tertiary alicyclic amines) is 1. The Kier molecular flexibility index (Phi) is 7.51. The van der Waals surface area contributed by atoms with Crippen LogP contribution in [-0.2, 0) is 11.3 Å². The monoisotopic (exact) mass is 371 g/mol. The topological polar surface area (TPSA) is 68.8 Å². The Hall–Kier alpha value is -2.08. The van der Waals surface area contributed by atoms with Gasteiger partial charge in [-0.1, -0.05) is 43.2 Å². The van der Waals surface area contributed by atoms with Gasteiger partial charge in [-0.25, -0.2) is 4.99 Å². The van der Waals surface area contributed by atoms with E-state index in [2.05, 4.69) is 25.8 Å². The van der Waals surface area contributed by atoms with Crippen LogP contribution < -0.4 is 16.0 Å². The first-order valence-corrected chi connectivity index (χ1v) is 10.3. The summed E-state index contributed by atoms with van der Waals surface area (Å²) in [5, 5.41) is 9.70. The van der Waals surface area contributed by atoms with Crippen molar-refractivity contribution in [3.05, 3.63) is 35.9 Å². The second-order valence-electron chi connectivity index (χ2n) is 7.52. The van der Waals surface area contributed by atoms with Gasteiger partial charge in [0.05, 0.1) is 0 Å². The van der Waals surface area contributed by atoms with Crippen LogP contribution in [0, 0.1) is 0 Å². The summed E-state index contributed by atoms with van der Waals surface area (Å²) in [6.45, 7) is 5.76. The molecule has 148 valence electrons. The molecular weight excluding hydrogens is 338 g/mol. The van der Waals surface area contributed by atoms with Crippen molar-refractivity contribution >= 4 is 11.9 Å². The molecule has 1 saturated heterocycles. The van der Waals surface area contributed by atoms with Gasteiger partial charge in [0.15, 0.2) is 5.96 Å². The molecule has 0 bridgehead atoms. The molecule has 0 aromatic heterocycles. The molecule has 2 fully saturated rings. The summed E-state index contributed by atoms with van der Waals surface area (Å²) in [5.41, 5.74) is 1.10. The Labute approximate surface area is 162 Å². The van der Waals surface area contributed by atoms with Gasteiger partial charge in [-0.2, -0.15) is 0 Å². The molecule has 1 aliphatic carbocycles. The molecule has 6 heteroatoms. The first kappa shape index (κ1) is 19.7. The Balaban J connectivity index is 1.44. The summed E-state index contributed by atoms with van der Waals surface area (Å²) in [4.78, 5) is 19.2. The Bertz CT molecular complexity index is 612. The summed E-state index contributed by atoms with van der Waals surface area (Å²) in [7, 11) is 0. The van der Waals surface area contributed by atoms with Crippen LogP contribution >= 0.6 is 0 Å². The molecule has 1 aromatic carbocycles. The van der Waals surface area contributed by atoms with Crippen molar-refractivity contribution < 1.29 is 4.79 Å². The Morgan fingerprint density at radius 3 is 2.67 bits per heavy atom. The summed E-state index contributed by atoms with van der Waals surface area (Å²) in [6, 6.07) is 11.1.